The number of nitrogens with zero attached hydrogens (tertiary/aromatic N) is 1. The Labute approximate surface area is 112 Å². The summed E-state index contributed by atoms with van der Waals surface area (Å²) in [7, 11) is 0. The highest BCUT2D eigenvalue weighted by Gasteiger charge is 2.06. The summed E-state index contributed by atoms with van der Waals surface area (Å²) in [5, 5.41) is 3.10. The molecule has 0 atom stereocenters. The number of rotatable bonds is 5. The maximum atomic E-state index is 11.2. The number of aromatic amines is 1. The van der Waals surface area contributed by atoms with Gasteiger partial charge in [-0.3, -0.25) is 4.79 Å². The smallest absolute Gasteiger partial charge is 0.307 e. The summed E-state index contributed by atoms with van der Waals surface area (Å²) in [5.74, 6) is 0.492. The average Bonchev–Trinajstić information content (AvgIpc) is 2.72. The van der Waals surface area contributed by atoms with Crippen molar-refractivity contribution in [2.24, 2.45) is 0 Å². The molecule has 102 valence electrons. The van der Waals surface area contributed by atoms with E-state index in [4.69, 9.17) is 4.74 Å². The van der Waals surface area contributed by atoms with Crippen LogP contribution in [0.5, 0.6) is 0 Å². The standard InChI is InChI=1S/C14H19N3O2/c1-4-19-12(18)5-6-15-14-16-11-8-9(2)7-10(3)13(11)17-14/h7-8H,4-6H2,1-3H3,(H2,15,16,17). The summed E-state index contributed by atoms with van der Waals surface area (Å²) >= 11 is 0. The van der Waals surface area contributed by atoms with Crippen molar-refractivity contribution in [2.75, 3.05) is 18.5 Å². The Morgan fingerprint density at radius 1 is 1.42 bits per heavy atom. The van der Waals surface area contributed by atoms with E-state index in [1.165, 1.54) is 5.56 Å². The van der Waals surface area contributed by atoms with Crippen LogP contribution in [-0.4, -0.2) is 29.1 Å². The van der Waals surface area contributed by atoms with E-state index >= 15 is 0 Å². The van der Waals surface area contributed by atoms with Gasteiger partial charge in [0, 0.05) is 6.54 Å². The SMILES string of the molecule is CCOC(=O)CCNc1nc2c(C)cc(C)cc2[nH]1. The van der Waals surface area contributed by atoms with Crippen LogP contribution in [0.25, 0.3) is 11.0 Å². The molecule has 0 aliphatic carbocycles. The third-order valence-electron chi connectivity index (χ3n) is 2.85. The number of H-pyrrole nitrogens is 1. The topological polar surface area (TPSA) is 67.0 Å². The first-order valence-electron chi connectivity index (χ1n) is 6.46. The molecule has 0 amide bonds. The zero-order valence-corrected chi connectivity index (χ0v) is 11.5. The molecule has 0 saturated heterocycles. The van der Waals surface area contributed by atoms with E-state index in [1.54, 1.807) is 6.92 Å². The fourth-order valence-electron chi connectivity index (χ4n) is 2.07. The Bertz CT molecular complexity index is 590. The molecule has 0 aliphatic heterocycles. The first kappa shape index (κ1) is 13.4. The second-order valence-electron chi connectivity index (χ2n) is 4.55. The van der Waals surface area contributed by atoms with Gasteiger partial charge in [0.25, 0.3) is 0 Å². The molecule has 5 nitrogen and oxygen atoms in total. The quantitative estimate of drug-likeness (QED) is 0.812. The number of anilines is 1. The summed E-state index contributed by atoms with van der Waals surface area (Å²) < 4.78 is 4.86. The molecule has 0 aliphatic rings. The van der Waals surface area contributed by atoms with Gasteiger partial charge in [-0.25, -0.2) is 4.98 Å². The predicted molar refractivity (Wildman–Crippen MR) is 75.3 cm³/mol. The van der Waals surface area contributed by atoms with Crippen molar-refractivity contribution in [3.05, 3.63) is 23.3 Å². The summed E-state index contributed by atoms with van der Waals surface area (Å²) in [6, 6.07) is 4.16. The van der Waals surface area contributed by atoms with Gasteiger partial charge in [-0.2, -0.15) is 0 Å². The minimum Gasteiger partial charge on any atom is -0.466 e. The van der Waals surface area contributed by atoms with E-state index in [0.29, 0.717) is 25.5 Å². The maximum absolute atomic E-state index is 11.2. The van der Waals surface area contributed by atoms with Crippen molar-refractivity contribution < 1.29 is 9.53 Å². The number of carbonyl (C=O) groups excluding carboxylic acids is 1. The second-order valence-corrected chi connectivity index (χ2v) is 4.55. The first-order valence-corrected chi connectivity index (χ1v) is 6.46. The van der Waals surface area contributed by atoms with E-state index in [2.05, 4.69) is 34.3 Å². The van der Waals surface area contributed by atoms with Gasteiger partial charge >= 0.3 is 5.97 Å². The lowest BCUT2D eigenvalue weighted by molar-refractivity contribution is -0.142. The second kappa shape index (κ2) is 5.73. The number of esters is 1. The number of carbonyl (C=O) groups is 1. The fraction of sp³-hybridized carbons (Fsp3) is 0.429. The fourth-order valence-corrected chi connectivity index (χ4v) is 2.07. The number of hydrogen-bond donors (Lipinski definition) is 2. The molecule has 2 aromatic rings. The third kappa shape index (κ3) is 3.24. The molecule has 0 saturated carbocycles. The van der Waals surface area contributed by atoms with Crippen LogP contribution >= 0.6 is 0 Å². The highest BCUT2D eigenvalue weighted by Crippen LogP contribution is 2.20. The number of nitrogens with one attached hydrogen (secondary N) is 2. The summed E-state index contributed by atoms with van der Waals surface area (Å²) in [5.41, 5.74) is 4.32. The molecule has 0 radical (unpaired) electrons. The number of benzene rings is 1. The summed E-state index contributed by atoms with van der Waals surface area (Å²) in [6.45, 7) is 6.83. The van der Waals surface area contributed by atoms with Gasteiger partial charge in [0.2, 0.25) is 5.95 Å². The lowest BCUT2D eigenvalue weighted by atomic mass is 10.1. The monoisotopic (exact) mass is 261 g/mol. The van der Waals surface area contributed by atoms with Gasteiger partial charge in [-0.05, 0) is 38.0 Å². The Hall–Kier alpha value is -2.04. The molecule has 1 aromatic heterocycles. The van der Waals surface area contributed by atoms with E-state index in [-0.39, 0.29) is 5.97 Å². The van der Waals surface area contributed by atoms with Gasteiger partial charge in [-0.1, -0.05) is 6.07 Å². The van der Waals surface area contributed by atoms with E-state index in [9.17, 15) is 4.79 Å². The molecule has 1 aromatic carbocycles. The van der Waals surface area contributed by atoms with Crippen LogP contribution in [0.3, 0.4) is 0 Å². The van der Waals surface area contributed by atoms with Crippen LogP contribution in [-0.2, 0) is 9.53 Å². The minimum absolute atomic E-state index is 0.196. The number of aryl methyl sites for hydroxylation is 2. The van der Waals surface area contributed by atoms with Crippen molar-refractivity contribution in [3.8, 4) is 0 Å². The molecule has 5 heteroatoms. The molecular formula is C14H19N3O2. The lowest BCUT2D eigenvalue weighted by Gasteiger charge is -2.02. The van der Waals surface area contributed by atoms with Crippen LogP contribution < -0.4 is 5.32 Å². The van der Waals surface area contributed by atoms with Gasteiger partial charge < -0.3 is 15.0 Å². The van der Waals surface area contributed by atoms with Crippen molar-refractivity contribution in [2.45, 2.75) is 27.2 Å². The molecule has 0 fully saturated rings. The molecular weight excluding hydrogens is 242 g/mol. The normalized spacial score (nSPS) is 10.7. The first-order chi connectivity index (χ1) is 9.10. The maximum Gasteiger partial charge on any atom is 0.307 e. The molecule has 2 rings (SSSR count). The minimum atomic E-state index is -0.196. The lowest BCUT2D eigenvalue weighted by Crippen LogP contribution is -2.11. The van der Waals surface area contributed by atoms with Gasteiger partial charge in [0.15, 0.2) is 0 Å². The van der Waals surface area contributed by atoms with Crippen LogP contribution in [0.15, 0.2) is 12.1 Å². The Balaban J connectivity index is 2.02. The number of imidazole rings is 1. The largest absolute Gasteiger partial charge is 0.466 e. The van der Waals surface area contributed by atoms with Gasteiger partial charge in [-0.15, -0.1) is 0 Å². The number of ether oxygens (including phenoxy) is 1. The highest BCUT2D eigenvalue weighted by molar-refractivity contribution is 5.81. The van der Waals surface area contributed by atoms with Crippen LogP contribution in [0.1, 0.15) is 24.5 Å². The molecule has 19 heavy (non-hydrogen) atoms. The van der Waals surface area contributed by atoms with Crippen LogP contribution in [0, 0.1) is 13.8 Å². The Morgan fingerprint density at radius 2 is 2.21 bits per heavy atom. The molecule has 1 heterocycles. The van der Waals surface area contributed by atoms with E-state index < -0.39 is 0 Å². The van der Waals surface area contributed by atoms with Crippen LogP contribution in [0.4, 0.5) is 5.95 Å². The van der Waals surface area contributed by atoms with Crippen molar-refractivity contribution in [3.63, 3.8) is 0 Å². The van der Waals surface area contributed by atoms with E-state index in [0.717, 1.165) is 16.6 Å². The zero-order valence-electron chi connectivity index (χ0n) is 11.5. The molecule has 0 unspecified atom stereocenters. The Kier molecular flexibility index (Phi) is 4.04. The van der Waals surface area contributed by atoms with Crippen molar-refractivity contribution in [1.82, 2.24) is 9.97 Å². The van der Waals surface area contributed by atoms with Gasteiger partial charge in [0.1, 0.15) is 0 Å². The van der Waals surface area contributed by atoms with Crippen molar-refractivity contribution in [1.29, 1.82) is 0 Å². The average molecular weight is 261 g/mol. The number of hydrogen-bond acceptors (Lipinski definition) is 4. The summed E-state index contributed by atoms with van der Waals surface area (Å²) in [6.07, 6.45) is 0.336. The van der Waals surface area contributed by atoms with Crippen molar-refractivity contribution >= 4 is 23.0 Å². The number of fused-ring (bicyclic) bond motifs is 1. The Morgan fingerprint density at radius 3 is 2.95 bits per heavy atom. The highest BCUT2D eigenvalue weighted by atomic mass is 16.5. The van der Waals surface area contributed by atoms with E-state index in [1.807, 2.05) is 6.92 Å². The molecule has 0 bridgehead atoms. The number of aromatic nitrogens is 2. The van der Waals surface area contributed by atoms with Gasteiger partial charge in [0.05, 0.1) is 24.1 Å². The zero-order chi connectivity index (χ0) is 13.8. The summed E-state index contributed by atoms with van der Waals surface area (Å²) in [4.78, 5) is 18.9. The molecule has 2 N–H and O–H groups in total. The third-order valence-corrected chi connectivity index (χ3v) is 2.85. The molecule has 0 spiro atoms. The van der Waals surface area contributed by atoms with Crippen LogP contribution in [0.2, 0.25) is 0 Å². The predicted octanol–water partition coefficient (Wildman–Crippen LogP) is 2.54.